The van der Waals surface area contributed by atoms with E-state index in [1.807, 2.05) is 32.9 Å². The van der Waals surface area contributed by atoms with Crippen LogP contribution in [-0.2, 0) is 34.0 Å². The molecule has 3 aliphatic heterocycles. The first kappa shape index (κ1) is 32.4. The molecule has 1 aromatic heterocycles. The van der Waals surface area contributed by atoms with E-state index < -0.39 is 22.8 Å². The van der Waals surface area contributed by atoms with Crippen LogP contribution in [0, 0.1) is 0 Å². The molecule has 0 bridgehead atoms. The summed E-state index contributed by atoms with van der Waals surface area (Å²) in [7, 11) is 0. The highest BCUT2D eigenvalue weighted by atomic mass is 19.4. The molecule has 4 heterocycles. The van der Waals surface area contributed by atoms with Gasteiger partial charge in [0.2, 0.25) is 18.6 Å². The van der Waals surface area contributed by atoms with Crippen molar-refractivity contribution in [3.63, 3.8) is 0 Å². The second-order valence-corrected chi connectivity index (χ2v) is 13.6. The van der Waals surface area contributed by atoms with Gasteiger partial charge in [0, 0.05) is 36.5 Å². The fourth-order valence-corrected chi connectivity index (χ4v) is 6.48. The van der Waals surface area contributed by atoms with Gasteiger partial charge in [-0.3, -0.25) is 4.79 Å². The van der Waals surface area contributed by atoms with E-state index in [-0.39, 0.29) is 49.2 Å². The lowest BCUT2D eigenvalue weighted by Gasteiger charge is -2.34. The topological polar surface area (TPSA) is 115 Å². The molecule has 1 atom stereocenters. The van der Waals surface area contributed by atoms with Gasteiger partial charge >= 0.3 is 12.3 Å². The number of amides is 2. The molecule has 2 aromatic carbocycles. The third-order valence-corrected chi connectivity index (χ3v) is 8.70. The monoisotopic (exact) mass is 653 g/mol. The average Bonchev–Trinajstić information content (AvgIpc) is 3.58. The maximum atomic E-state index is 14.1. The Balaban J connectivity index is 1.24. The summed E-state index contributed by atoms with van der Waals surface area (Å²) in [6.07, 6.45) is -2.40. The number of carbonyl (C=O) groups excluding carboxylic acids is 2. The van der Waals surface area contributed by atoms with Crippen LogP contribution in [0.2, 0.25) is 0 Å². The number of ether oxygens (including phenoxy) is 3. The maximum Gasteiger partial charge on any atom is 0.419 e. The van der Waals surface area contributed by atoms with Gasteiger partial charge in [0.15, 0.2) is 11.5 Å². The third-order valence-electron chi connectivity index (χ3n) is 8.70. The molecule has 10 nitrogen and oxygen atoms in total. The third kappa shape index (κ3) is 6.52. The second-order valence-electron chi connectivity index (χ2n) is 13.6. The normalized spacial score (nSPS) is 18.5. The Bertz CT molecular complexity index is 1720. The molecule has 1 fully saturated rings. The minimum Gasteiger partial charge on any atom is -0.453 e. The number of benzene rings is 2. The predicted octanol–water partition coefficient (Wildman–Crippen LogP) is 7.10. The molecule has 0 saturated carbocycles. The van der Waals surface area contributed by atoms with Crippen LogP contribution >= 0.6 is 0 Å². The number of aromatic nitrogens is 2. The number of halogens is 3. The van der Waals surface area contributed by atoms with Gasteiger partial charge in [-0.1, -0.05) is 18.2 Å². The van der Waals surface area contributed by atoms with Crippen molar-refractivity contribution in [2.45, 2.75) is 83.4 Å². The molecule has 2 amide bonds. The van der Waals surface area contributed by atoms with Crippen molar-refractivity contribution in [3.05, 3.63) is 64.5 Å². The van der Waals surface area contributed by atoms with Crippen molar-refractivity contribution in [1.82, 2.24) is 14.9 Å². The Morgan fingerprint density at radius 2 is 1.89 bits per heavy atom. The van der Waals surface area contributed by atoms with E-state index in [0.29, 0.717) is 36.0 Å². The van der Waals surface area contributed by atoms with Gasteiger partial charge in [0.1, 0.15) is 5.60 Å². The number of rotatable bonds is 6. The Hall–Kier alpha value is -4.55. The van der Waals surface area contributed by atoms with E-state index in [9.17, 15) is 22.8 Å². The summed E-state index contributed by atoms with van der Waals surface area (Å²) in [4.78, 5) is 35.3. The number of carbonyl (C=O) groups is 2. The number of anilines is 3. The molecular weight excluding hydrogens is 615 g/mol. The predicted molar refractivity (Wildman–Crippen MR) is 168 cm³/mol. The van der Waals surface area contributed by atoms with Crippen LogP contribution in [0.3, 0.4) is 0 Å². The van der Waals surface area contributed by atoms with Crippen LogP contribution in [-0.4, -0.2) is 52.4 Å². The molecule has 3 aliphatic rings. The second kappa shape index (κ2) is 11.9. The van der Waals surface area contributed by atoms with Crippen molar-refractivity contribution in [2.75, 3.05) is 30.5 Å². The summed E-state index contributed by atoms with van der Waals surface area (Å²) >= 11 is 0. The van der Waals surface area contributed by atoms with Gasteiger partial charge in [0.05, 0.1) is 22.4 Å². The van der Waals surface area contributed by atoms with E-state index in [2.05, 4.69) is 20.6 Å². The summed E-state index contributed by atoms with van der Waals surface area (Å²) in [5.74, 6) is 0.716. The molecule has 0 spiro atoms. The number of hydrogen-bond donors (Lipinski definition) is 2. The smallest absolute Gasteiger partial charge is 0.419 e. The molecule has 250 valence electrons. The highest BCUT2D eigenvalue weighted by Crippen LogP contribution is 2.47. The Morgan fingerprint density at radius 1 is 1.13 bits per heavy atom. The first-order valence-electron chi connectivity index (χ1n) is 15.7. The van der Waals surface area contributed by atoms with E-state index in [1.165, 1.54) is 0 Å². The molecule has 0 aliphatic carbocycles. The maximum absolute atomic E-state index is 14.1. The molecule has 1 saturated heterocycles. The zero-order valence-corrected chi connectivity index (χ0v) is 27.0. The SMILES string of the molecule is CC(C)(C)OC(=O)N1CCCC(c2ccc(Nc3ncc(C(F)(F)F)c(CCc4cccc5c4C(C)(C)C(=O)N5)n3)c3c2OCO3)C1. The van der Waals surface area contributed by atoms with Gasteiger partial charge in [-0.2, -0.15) is 13.2 Å². The van der Waals surface area contributed by atoms with Crippen molar-refractivity contribution in [1.29, 1.82) is 0 Å². The van der Waals surface area contributed by atoms with Gasteiger partial charge < -0.3 is 29.7 Å². The zero-order valence-electron chi connectivity index (χ0n) is 27.0. The zero-order chi connectivity index (χ0) is 33.7. The lowest BCUT2D eigenvalue weighted by molar-refractivity contribution is -0.138. The molecule has 13 heteroatoms. The number of nitrogens with one attached hydrogen (secondary N) is 2. The number of likely N-dealkylation sites (tertiary alicyclic amines) is 1. The number of piperidine rings is 1. The molecular formula is C34H38F3N5O5. The lowest BCUT2D eigenvalue weighted by atomic mass is 9.82. The summed E-state index contributed by atoms with van der Waals surface area (Å²) in [5.41, 5.74) is 1.04. The minimum atomic E-state index is -4.66. The highest BCUT2D eigenvalue weighted by Gasteiger charge is 2.40. The largest absolute Gasteiger partial charge is 0.453 e. The Labute approximate surface area is 271 Å². The number of nitrogens with zero attached hydrogens (tertiary/aromatic N) is 3. The first-order chi connectivity index (χ1) is 22.1. The quantitative estimate of drug-likeness (QED) is 0.290. The molecule has 47 heavy (non-hydrogen) atoms. The number of alkyl halides is 3. The van der Waals surface area contributed by atoms with Crippen molar-refractivity contribution < 1.29 is 37.0 Å². The van der Waals surface area contributed by atoms with Gasteiger partial charge in [0.25, 0.3) is 0 Å². The van der Waals surface area contributed by atoms with Crippen LogP contribution < -0.4 is 20.1 Å². The molecule has 1 unspecified atom stereocenters. The van der Waals surface area contributed by atoms with Crippen LogP contribution in [0.25, 0.3) is 0 Å². The minimum absolute atomic E-state index is 0.0235. The number of fused-ring (bicyclic) bond motifs is 2. The molecule has 2 N–H and O–H groups in total. The molecule has 0 radical (unpaired) electrons. The molecule has 3 aromatic rings. The van der Waals surface area contributed by atoms with Crippen LogP contribution in [0.4, 0.5) is 35.3 Å². The fraction of sp³-hybridized carbons (Fsp3) is 0.471. The summed E-state index contributed by atoms with van der Waals surface area (Å²) in [6.45, 7) is 10.1. The van der Waals surface area contributed by atoms with E-state index in [1.54, 1.807) is 36.9 Å². The van der Waals surface area contributed by atoms with E-state index in [0.717, 1.165) is 35.7 Å². The summed E-state index contributed by atoms with van der Waals surface area (Å²) < 4.78 is 59.4. The lowest BCUT2D eigenvalue weighted by Crippen LogP contribution is -2.42. The van der Waals surface area contributed by atoms with Crippen molar-refractivity contribution >= 4 is 29.3 Å². The van der Waals surface area contributed by atoms with Crippen LogP contribution in [0.15, 0.2) is 36.5 Å². The number of aryl methyl sites for hydroxylation is 2. The van der Waals surface area contributed by atoms with Crippen LogP contribution in [0.1, 0.15) is 81.3 Å². The average molecular weight is 654 g/mol. The standard InChI is InChI=1S/C34H38F3N5O5/c1-32(2,3)47-31(44)42-15-7-9-20(17-42)21-12-14-25(28-27(21)45-18-46-28)41-30-38-16-22(34(35,36)37)23(40-30)13-11-19-8-6-10-24-26(19)33(4,5)29(43)39-24/h6,8,10,12,14,16,20H,7,9,11,13,15,17-18H2,1-5H3,(H,39,43)(H,38,40,41). The van der Waals surface area contributed by atoms with Gasteiger partial charge in [-0.05, 0) is 83.6 Å². The first-order valence-corrected chi connectivity index (χ1v) is 15.7. The summed E-state index contributed by atoms with van der Waals surface area (Å²) in [5, 5.41) is 5.89. The van der Waals surface area contributed by atoms with Gasteiger partial charge in [-0.25, -0.2) is 14.8 Å². The van der Waals surface area contributed by atoms with E-state index in [4.69, 9.17) is 14.2 Å². The van der Waals surface area contributed by atoms with Crippen molar-refractivity contribution in [2.24, 2.45) is 0 Å². The van der Waals surface area contributed by atoms with Crippen LogP contribution in [0.5, 0.6) is 11.5 Å². The summed E-state index contributed by atoms with van der Waals surface area (Å²) in [6, 6.07) is 9.03. The fourth-order valence-electron chi connectivity index (χ4n) is 6.48. The Morgan fingerprint density at radius 3 is 2.64 bits per heavy atom. The van der Waals surface area contributed by atoms with E-state index >= 15 is 0 Å². The molecule has 6 rings (SSSR count). The Kier molecular flexibility index (Phi) is 8.21. The number of hydrogen-bond acceptors (Lipinski definition) is 8. The van der Waals surface area contributed by atoms with Crippen molar-refractivity contribution in [3.8, 4) is 11.5 Å². The van der Waals surface area contributed by atoms with Gasteiger partial charge in [-0.15, -0.1) is 0 Å². The highest BCUT2D eigenvalue weighted by molar-refractivity contribution is 6.06.